The number of amides is 2. The lowest BCUT2D eigenvalue weighted by atomic mass is 9.87. The van der Waals surface area contributed by atoms with Crippen molar-refractivity contribution in [2.75, 3.05) is 23.3 Å². The summed E-state index contributed by atoms with van der Waals surface area (Å²) in [4.78, 5) is 34.0. The molecule has 0 bridgehead atoms. The molecule has 180 valence electrons. The lowest BCUT2D eigenvalue weighted by Crippen LogP contribution is -2.43. The Kier molecular flexibility index (Phi) is 6.29. The number of aryl methyl sites for hydroxylation is 1. The second-order valence-electron chi connectivity index (χ2n) is 9.71. The highest BCUT2D eigenvalue weighted by atomic mass is 16.2. The van der Waals surface area contributed by atoms with Gasteiger partial charge in [-0.1, -0.05) is 36.4 Å². The first kappa shape index (κ1) is 23.1. The molecule has 2 aliphatic rings. The fourth-order valence-corrected chi connectivity index (χ4v) is 5.37. The smallest absolute Gasteiger partial charge is 0.253 e. The van der Waals surface area contributed by atoms with Gasteiger partial charge in [-0.2, -0.15) is 0 Å². The number of hydrogen-bond donors (Lipinski definition) is 1. The van der Waals surface area contributed by atoms with Crippen molar-refractivity contribution in [3.05, 3.63) is 77.5 Å². The van der Waals surface area contributed by atoms with Gasteiger partial charge in [-0.15, -0.1) is 0 Å². The van der Waals surface area contributed by atoms with E-state index in [1.807, 2.05) is 65.4 Å². The molecule has 0 aliphatic carbocycles. The van der Waals surface area contributed by atoms with Gasteiger partial charge in [-0.3, -0.25) is 9.59 Å². The number of pyridine rings is 1. The molecule has 1 aromatic heterocycles. The number of carbonyl (C=O) groups is 2. The number of carbonyl (C=O) groups excluding carboxylic acids is 2. The molecule has 1 fully saturated rings. The van der Waals surface area contributed by atoms with Crippen LogP contribution in [0.25, 0.3) is 11.1 Å². The van der Waals surface area contributed by atoms with Gasteiger partial charge in [-0.25, -0.2) is 4.98 Å². The number of aromatic nitrogens is 1. The molecule has 0 spiro atoms. The first-order chi connectivity index (χ1) is 16.9. The fraction of sp³-hybridized carbons (Fsp3) is 0.345. The topological polar surface area (TPSA) is 65.5 Å². The molecule has 6 heteroatoms. The van der Waals surface area contributed by atoms with Crippen molar-refractivity contribution in [1.29, 1.82) is 0 Å². The number of anilines is 2. The van der Waals surface area contributed by atoms with E-state index < -0.39 is 0 Å². The zero-order valence-electron chi connectivity index (χ0n) is 20.6. The summed E-state index contributed by atoms with van der Waals surface area (Å²) in [5, 5.41) is 3.59. The van der Waals surface area contributed by atoms with Crippen LogP contribution in [-0.4, -0.2) is 40.8 Å². The Morgan fingerprint density at radius 3 is 2.40 bits per heavy atom. The van der Waals surface area contributed by atoms with Gasteiger partial charge in [0.25, 0.3) is 5.91 Å². The summed E-state index contributed by atoms with van der Waals surface area (Å²) in [6.07, 6.45) is 4.80. The lowest BCUT2D eigenvalue weighted by molar-refractivity contribution is -0.117. The summed E-state index contributed by atoms with van der Waals surface area (Å²) in [6, 6.07) is 18.1. The van der Waals surface area contributed by atoms with Crippen LogP contribution in [0.2, 0.25) is 0 Å². The molecule has 0 unspecified atom stereocenters. The van der Waals surface area contributed by atoms with Crippen molar-refractivity contribution >= 4 is 23.3 Å². The summed E-state index contributed by atoms with van der Waals surface area (Å²) >= 11 is 0. The first-order valence-electron chi connectivity index (χ1n) is 12.4. The number of fused-ring (bicyclic) bond motifs is 1. The monoisotopic (exact) mass is 468 g/mol. The highest BCUT2D eigenvalue weighted by Crippen LogP contribution is 2.44. The Hall–Kier alpha value is -3.67. The average Bonchev–Trinajstić information content (AvgIpc) is 3.40. The Morgan fingerprint density at radius 2 is 1.74 bits per heavy atom. The van der Waals surface area contributed by atoms with Gasteiger partial charge in [0.1, 0.15) is 5.82 Å². The molecule has 35 heavy (non-hydrogen) atoms. The highest BCUT2D eigenvalue weighted by molar-refractivity contribution is 6.00. The van der Waals surface area contributed by atoms with Crippen molar-refractivity contribution in [3.63, 3.8) is 0 Å². The molecular formula is C29H32N4O2. The third-order valence-electron chi connectivity index (χ3n) is 7.11. The van der Waals surface area contributed by atoms with Crippen LogP contribution >= 0.6 is 0 Å². The van der Waals surface area contributed by atoms with Gasteiger partial charge < -0.3 is 15.1 Å². The zero-order valence-corrected chi connectivity index (χ0v) is 20.6. The van der Waals surface area contributed by atoms with Crippen LogP contribution < -0.4 is 10.2 Å². The Morgan fingerprint density at radius 1 is 1.00 bits per heavy atom. The number of nitrogens with one attached hydrogen (secondary N) is 1. The first-order valence-corrected chi connectivity index (χ1v) is 12.4. The Bertz CT molecular complexity index is 1230. The highest BCUT2D eigenvalue weighted by Gasteiger charge is 2.34. The van der Waals surface area contributed by atoms with Crippen molar-refractivity contribution in [2.45, 2.75) is 52.1 Å². The minimum Gasteiger partial charge on any atom is -0.363 e. The molecule has 0 saturated carbocycles. The summed E-state index contributed by atoms with van der Waals surface area (Å²) in [7, 11) is 0. The number of nitrogens with zero attached hydrogens (tertiary/aromatic N) is 3. The predicted molar refractivity (Wildman–Crippen MR) is 140 cm³/mol. The average molecular weight is 469 g/mol. The second-order valence-corrected chi connectivity index (χ2v) is 9.71. The van der Waals surface area contributed by atoms with Crippen LogP contribution in [0.1, 0.15) is 60.6 Å². The lowest BCUT2D eigenvalue weighted by Gasteiger charge is -2.40. The number of rotatable bonds is 4. The van der Waals surface area contributed by atoms with E-state index >= 15 is 0 Å². The molecule has 2 aromatic carbocycles. The van der Waals surface area contributed by atoms with Crippen LogP contribution in [0.4, 0.5) is 11.5 Å². The second kappa shape index (κ2) is 9.53. The van der Waals surface area contributed by atoms with Crippen LogP contribution in [-0.2, 0) is 4.79 Å². The van der Waals surface area contributed by atoms with E-state index in [1.165, 1.54) is 0 Å². The number of hydrogen-bond acceptors (Lipinski definition) is 4. The quantitative estimate of drug-likeness (QED) is 0.542. The maximum atomic E-state index is 12.8. The predicted octanol–water partition coefficient (Wildman–Crippen LogP) is 5.59. The number of likely N-dealkylation sites (tertiary alicyclic amines) is 1. The van der Waals surface area contributed by atoms with Crippen molar-refractivity contribution in [1.82, 2.24) is 9.88 Å². The molecule has 6 nitrogen and oxygen atoms in total. The normalized spacial score (nSPS) is 19.4. The summed E-state index contributed by atoms with van der Waals surface area (Å²) in [5.74, 6) is 0.946. The summed E-state index contributed by atoms with van der Waals surface area (Å²) in [5.41, 5.74) is 5.82. The molecule has 2 atom stereocenters. The van der Waals surface area contributed by atoms with E-state index in [9.17, 15) is 9.59 Å². The van der Waals surface area contributed by atoms with Gasteiger partial charge >= 0.3 is 0 Å². The molecule has 1 N–H and O–H groups in total. The van der Waals surface area contributed by atoms with Crippen LogP contribution in [0.5, 0.6) is 0 Å². The zero-order chi connectivity index (χ0) is 24.5. The molecule has 1 saturated heterocycles. The molecule has 2 amide bonds. The van der Waals surface area contributed by atoms with E-state index in [1.54, 1.807) is 6.92 Å². The molecule has 3 heterocycles. The maximum Gasteiger partial charge on any atom is 0.253 e. The van der Waals surface area contributed by atoms with E-state index in [-0.39, 0.29) is 23.9 Å². The van der Waals surface area contributed by atoms with Crippen LogP contribution in [0.3, 0.4) is 0 Å². The standard InChI is InChI=1S/C29H32N4O2/c1-19-9-14-27(30-18-19)31-26-17-20(2)33(21(3)34)28-24(7-6-8-25(26)28)22-10-12-23(13-11-22)29(35)32-15-4-5-16-32/h6-14,18,20,26H,4-5,15-17H2,1-3H3,(H,30,31)/t20-,26+/m0/s1. The summed E-state index contributed by atoms with van der Waals surface area (Å²) in [6.45, 7) is 7.42. The fourth-order valence-electron chi connectivity index (χ4n) is 5.37. The van der Waals surface area contributed by atoms with Gasteiger partial charge in [0.2, 0.25) is 5.91 Å². The van der Waals surface area contributed by atoms with E-state index in [0.717, 1.165) is 66.1 Å². The third-order valence-corrected chi connectivity index (χ3v) is 7.11. The van der Waals surface area contributed by atoms with Gasteiger partial charge in [-0.05, 0) is 68.0 Å². The SMILES string of the molecule is CC(=O)N1c2c(-c3ccc(C(=O)N4CCCC4)cc3)cccc2[C@H](Nc2ccc(C)cn2)C[C@@H]1C. The molecular weight excluding hydrogens is 436 g/mol. The third kappa shape index (κ3) is 4.53. The number of benzene rings is 2. The van der Waals surface area contributed by atoms with Gasteiger partial charge in [0, 0.05) is 43.4 Å². The Balaban J connectivity index is 1.52. The molecule has 5 rings (SSSR count). The molecule has 0 radical (unpaired) electrons. The van der Waals surface area contributed by atoms with E-state index in [4.69, 9.17) is 0 Å². The number of para-hydroxylation sites is 1. The van der Waals surface area contributed by atoms with E-state index in [0.29, 0.717) is 5.56 Å². The van der Waals surface area contributed by atoms with Crippen LogP contribution in [0.15, 0.2) is 60.8 Å². The molecule has 2 aliphatic heterocycles. The molecule has 3 aromatic rings. The summed E-state index contributed by atoms with van der Waals surface area (Å²) < 4.78 is 0. The minimum absolute atomic E-state index is 0.0268. The minimum atomic E-state index is 0.0268. The van der Waals surface area contributed by atoms with Crippen LogP contribution in [0, 0.1) is 6.92 Å². The van der Waals surface area contributed by atoms with Gasteiger partial charge in [0.05, 0.1) is 11.7 Å². The Labute approximate surface area is 207 Å². The maximum absolute atomic E-state index is 12.8. The van der Waals surface area contributed by atoms with Crippen molar-refractivity contribution < 1.29 is 9.59 Å². The van der Waals surface area contributed by atoms with Crippen molar-refractivity contribution in [2.24, 2.45) is 0 Å². The van der Waals surface area contributed by atoms with Gasteiger partial charge in [0.15, 0.2) is 0 Å². The van der Waals surface area contributed by atoms with E-state index in [2.05, 4.69) is 29.4 Å². The largest absolute Gasteiger partial charge is 0.363 e. The van der Waals surface area contributed by atoms with Crippen molar-refractivity contribution in [3.8, 4) is 11.1 Å².